The van der Waals surface area contributed by atoms with E-state index in [0.717, 1.165) is 5.69 Å². The third-order valence-electron chi connectivity index (χ3n) is 2.81. The van der Waals surface area contributed by atoms with E-state index in [4.69, 9.17) is 10.5 Å². The molecule has 0 saturated heterocycles. The lowest BCUT2D eigenvalue weighted by Crippen LogP contribution is -2.38. The van der Waals surface area contributed by atoms with Crippen molar-refractivity contribution in [2.24, 2.45) is 5.73 Å². The van der Waals surface area contributed by atoms with Crippen molar-refractivity contribution in [1.29, 1.82) is 0 Å². The summed E-state index contributed by atoms with van der Waals surface area (Å²) in [5, 5.41) is 0. The zero-order valence-electron chi connectivity index (χ0n) is 12.2. The number of hydrogen-bond donors (Lipinski definition) is 2. The summed E-state index contributed by atoms with van der Waals surface area (Å²) >= 11 is 0. The van der Waals surface area contributed by atoms with E-state index in [1.54, 1.807) is 38.3 Å². The number of sulfonamides is 1. The predicted molar refractivity (Wildman–Crippen MR) is 80.4 cm³/mol. The van der Waals surface area contributed by atoms with Crippen molar-refractivity contribution in [3.63, 3.8) is 0 Å². The lowest BCUT2D eigenvalue weighted by Gasteiger charge is -2.23. The van der Waals surface area contributed by atoms with Crippen molar-refractivity contribution in [3.05, 3.63) is 24.3 Å². The van der Waals surface area contributed by atoms with Gasteiger partial charge in [0, 0.05) is 39.0 Å². The average Bonchev–Trinajstić information content (AvgIpc) is 2.39. The van der Waals surface area contributed by atoms with Gasteiger partial charge in [0.15, 0.2) is 0 Å². The molecule has 0 aliphatic carbocycles. The van der Waals surface area contributed by atoms with E-state index in [-0.39, 0.29) is 10.9 Å². The SMILES string of the molecule is CCNS(=O)(=O)c1ccc(N(C)CC(N)COC)cc1. The van der Waals surface area contributed by atoms with Gasteiger partial charge in [-0.05, 0) is 24.3 Å². The fraction of sp³-hybridized carbons (Fsp3) is 0.538. The number of hydrogen-bond acceptors (Lipinski definition) is 5. The van der Waals surface area contributed by atoms with E-state index in [9.17, 15) is 8.42 Å². The molecule has 20 heavy (non-hydrogen) atoms. The van der Waals surface area contributed by atoms with Crippen molar-refractivity contribution in [2.75, 3.05) is 38.8 Å². The Morgan fingerprint density at radius 3 is 2.45 bits per heavy atom. The Hall–Kier alpha value is -1.15. The van der Waals surface area contributed by atoms with E-state index in [1.807, 2.05) is 11.9 Å². The quantitative estimate of drug-likeness (QED) is 0.726. The highest BCUT2D eigenvalue weighted by Gasteiger charge is 2.13. The topological polar surface area (TPSA) is 84.7 Å². The van der Waals surface area contributed by atoms with Crippen LogP contribution >= 0.6 is 0 Å². The molecule has 7 heteroatoms. The molecule has 0 radical (unpaired) electrons. The van der Waals surface area contributed by atoms with Crippen LogP contribution in [0.15, 0.2) is 29.2 Å². The number of anilines is 1. The largest absolute Gasteiger partial charge is 0.383 e. The molecule has 1 aromatic carbocycles. The fourth-order valence-electron chi connectivity index (χ4n) is 1.88. The third kappa shape index (κ3) is 4.75. The summed E-state index contributed by atoms with van der Waals surface area (Å²) in [5.41, 5.74) is 6.80. The summed E-state index contributed by atoms with van der Waals surface area (Å²) < 4.78 is 31.1. The van der Waals surface area contributed by atoms with E-state index in [2.05, 4.69) is 4.72 Å². The second kappa shape index (κ2) is 7.58. The number of nitrogens with two attached hydrogens (primary N) is 1. The lowest BCUT2D eigenvalue weighted by molar-refractivity contribution is 0.181. The van der Waals surface area contributed by atoms with Crippen LogP contribution in [0.3, 0.4) is 0 Å². The monoisotopic (exact) mass is 301 g/mol. The molecule has 6 nitrogen and oxygen atoms in total. The molecule has 1 aromatic rings. The van der Waals surface area contributed by atoms with Crippen LogP contribution < -0.4 is 15.4 Å². The maximum absolute atomic E-state index is 11.8. The molecule has 0 fully saturated rings. The molecule has 1 atom stereocenters. The van der Waals surface area contributed by atoms with Gasteiger partial charge in [-0.15, -0.1) is 0 Å². The van der Waals surface area contributed by atoms with Crippen molar-refractivity contribution in [3.8, 4) is 0 Å². The van der Waals surface area contributed by atoms with Crippen LogP contribution in [0.2, 0.25) is 0 Å². The second-order valence-corrected chi connectivity index (χ2v) is 6.36. The first kappa shape index (κ1) is 16.9. The zero-order valence-corrected chi connectivity index (χ0v) is 13.0. The average molecular weight is 301 g/mol. The van der Waals surface area contributed by atoms with Gasteiger partial charge in [-0.25, -0.2) is 13.1 Å². The van der Waals surface area contributed by atoms with Crippen LogP contribution in [0.25, 0.3) is 0 Å². The van der Waals surface area contributed by atoms with Crippen molar-refractivity contribution in [2.45, 2.75) is 17.9 Å². The molecule has 0 aromatic heterocycles. The predicted octanol–water partition coefficient (Wildman–Crippen LogP) is 0.395. The van der Waals surface area contributed by atoms with Crippen molar-refractivity contribution < 1.29 is 13.2 Å². The third-order valence-corrected chi connectivity index (χ3v) is 4.37. The molecule has 0 spiro atoms. The lowest BCUT2D eigenvalue weighted by atomic mass is 10.2. The summed E-state index contributed by atoms with van der Waals surface area (Å²) in [6.07, 6.45) is 0. The van der Waals surface area contributed by atoms with Crippen LogP contribution in [0.1, 0.15) is 6.92 Å². The molecular formula is C13H23N3O3S. The van der Waals surface area contributed by atoms with Gasteiger partial charge < -0.3 is 15.4 Å². The number of methoxy groups -OCH3 is 1. The summed E-state index contributed by atoms with van der Waals surface area (Å²) in [6.45, 7) is 3.23. The minimum absolute atomic E-state index is 0.0878. The van der Waals surface area contributed by atoms with Crippen LogP contribution in [-0.4, -0.2) is 48.3 Å². The summed E-state index contributed by atoms with van der Waals surface area (Å²) in [5.74, 6) is 0. The van der Waals surface area contributed by atoms with Crippen LogP contribution in [0.4, 0.5) is 5.69 Å². The van der Waals surface area contributed by atoms with E-state index in [1.165, 1.54) is 0 Å². The standard InChI is InChI=1S/C13H23N3O3S/c1-4-15-20(17,18)13-7-5-12(6-8-13)16(2)9-11(14)10-19-3/h5-8,11,15H,4,9-10,14H2,1-3H3. The number of nitrogens with one attached hydrogen (secondary N) is 1. The normalized spacial score (nSPS) is 13.2. The van der Waals surface area contributed by atoms with Gasteiger partial charge in [-0.1, -0.05) is 6.92 Å². The highest BCUT2D eigenvalue weighted by molar-refractivity contribution is 7.89. The van der Waals surface area contributed by atoms with Gasteiger partial charge >= 0.3 is 0 Å². The minimum atomic E-state index is -3.40. The first-order chi connectivity index (χ1) is 9.40. The highest BCUT2D eigenvalue weighted by atomic mass is 32.2. The number of ether oxygens (including phenoxy) is 1. The molecular weight excluding hydrogens is 278 g/mol. The van der Waals surface area contributed by atoms with Crippen LogP contribution in [0.5, 0.6) is 0 Å². The molecule has 0 aliphatic rings. The Kier molecular flexibility index (Phi) is 6.41. The molecule has 0 amide bonds. The highest BCUT2D eigenvalue weighted by Crippen LogP contribution is 2.17. The van der Waals surface area contributed by atoms with E-state index >= 15 is 0 Å². The van der Waals surface area contributed by atoms with Crippen molar-refractivity contribution >= 4 is 15.7 Å². The van der Waals surface area contributed by atoms with Crippen molar-refractivity contribution in [1.82, 2.24) is 4.72 Å². The van der Waals surface area contributed by atoms with Crippen LogP contribution in [-0.2, 0) is 14.8 Å². The van der Waals surface area contributed by atoms with E-state index < -0.39 is 10.0 Å². The molecule has 0 aliphatic heterocycles. The molecule has 0 saturated carbocycles. The Morgan fingerprint density at radius 1 is 1.35 bits per heavy atom. The van der Waals surface area contributed by atoms with Gasteiger partial charge in [0.25, 0.3) is 0 Å². The molecule has 3 N–H and O–H groups in total. The van der Waals surface area contributed by atoms with Gasteiger partial charge in [0.05, 0.1) is 11.5 Å². The Balaban J connectivity index is 2.76. The van der Waals surface area contributed by atoms with Gasteiger partial charge in [0.1, 0.15) is 0 Å². The fourth-order valence-corrected chi connectivity index (χ4v) is 2.92. The molecule has 1 rings (SSSR count). The molecule has 1 unspecified atom stereocenters. The molecule has 0 heterocycles. The number of rotatable bonds is 8. The summed E-state index contributed by atoms with van der Waals surface area (Å²) in [4.78, 5) is 2.23. The van der Waals surface area contributed by atoms with Crippen LogP contribution in [0, 0.1) is 0 Å². The number of likely N-dealkylation sites (N-methyl/N-ethyl adjacent to an activating group) is 1. The van der Waals surface area contributed by atoms with Gasteiger partial charge in [0.2, 0.25) is 10.0 Å². The maximum atomic E-state index is 11.8. The maximum Gasteiger partial charge on any atom is 0.240 e. The van der Waals surface area contributed by atoms with Gasteiger partial charge in [-0.3, -0.25) is 0 Å². The summed E-state index contributed by atoms with van der Waals surface area (Å²) in [6, 6.07) is 6.63. The van der Waals surface area contributed by atoms with E-state index in [0.29, 0.717) is 19.7 Å². The Morgan fingerprint density at radius 2 is 1.95 bits per heavy atom. The summed E-state index contributed by atoms with van der Waals surface area (Å²) in [7, 11) is 0.120. The second-order valence-electron chi connectivity index (χ2n) is 4.59. The first-order valence-electron chi connectivity index (χ1n) is 6.46. The number of benzene rings is 1. The zero-order chi connectivity index (χ0) is 15.2. The Labute approximate surface area is 121 Å². The Bertz CT molecular complexity index is 502. The smallest absolute Gasteiger partial charge is 0.240 e. The number of nitrogens with zero attached hydrogens (tertiary/aromatic N) is 1. The molecule has 114 valence electrons. The van der Waals surface area contributed by atoms with Gasteiger partial charge in [-0.2, -0.15) is 0 Å². The first-order valence-corrected chi connectivity index (χ1v) is 7.94. The molecule has 0 bridgehead atoms. The minimum Gasteiger partial charge on any atom is -0.383 e.